The van der Waals surface area contributed by atoms with E-state index in [1.165, 1.54) is 6.92 Å². The molecule has 2 rings (SSSR count). The third kappa shape index (κ3) is 5.23. The standard InChI is InChI=1S/C18H19NO4/c1-13(20)15-6-8-17(9-7-15)23-12-18(21)19-16-5-3-4-14(10-16)11-22-2/h3-10H,11-12H2,1-2H3,(H,19,21). The Kier molecular flexibility index (Phi) is 5.88. The number of carbonyl (C=O) groups is 2. The minimum absolute atomic E-state index is 0.00904. The number of hydrogen-bond donors (Lipinski definition) is 1. The molecule has 0 saturated carbocycles. The van der Waals surface area contributed by atoms with Gasteiger partial charge in [0.1, 0.15) is 5.75 Å². The van der Waals surface area contributed by atoms with E-state index in [9.17, 15) is 9.59 Å². The van der Waals surface area contributed by atoms with Gasteiger partial charge in [-0.2, -0.15) is 0 Å². The summed E-state index contributed by atoms with van der Waals surface area (Å²) in [5.41, 5.74) is 2.28. The summed E-state index contributed by atoms with van der Waals surface area (Å²) in [6, 6.07) is 14.1. The first kappa shape index (κ1) is 16.7. The fourth-order valence-electron chi connectivity index (χ4n) is 2.04. The number of carbonyl (C=O) groups excluding carboxylic acids is 2. The molecule has 0 aliphatic heterocycles. The summed E-state index contributed by atoms with van der Waals surface area (Å²) in [6.07, 6.45) is 0. The zero-order valence-corrected chi connectivity index (χ0v) is 13.2. The Morgan fingerprint density at radius 1 is 1.09 bits per heavy atom. The number of Topliss-reactive ketones (excluding diaryl/α,β-unsaturated/α-hetero) is 1. The van der Waals surface area contributed by atoms with Crippen molar-refractivity contribution < 1.29 is 19.1 Å². The third-order valence-electron chi connectivity index (χ3n) is 3.15. The average Bonchev–Trinajstić information content (AvgIpc) is 2.54. The second-order valence-electron chi connectivity index (χ2n) is 5.05. The van der Waals surface area contributed by atoms with Crippen molar-refractivity contribution in [2.24, 2.45) is 0 Å². The molecule has 2 aromatic rings. The number of nitrogens with one attached hydrogen (secondary N) is 1. The largest absolute Gasteiger partial charge is 0.484 e. The van der Waals surface area contributed by atoms with Crippen LogP contribution in [0.15, 0.2) is 48.5 Å². The molecule has 0 spiro atoms. The van der Waals surface area contributed by atoms with Gasteiger partial charge in [0.15, 0.2) is 12.4 Å². The Bertz CT molecular complexity index is 680. The van der Waals surface area contributed by atoms with Crippen molar-refractivity contribution in [1.29, 1.82) is 0 Å². The van der Waals surface area contributed by atoms with Crippen LogP contribution in [0.1, 0.15) is 22.8 Å². The lowest BCUT2D eigenvalue weighted by molar-refractivity contribution is -0.118. The van der Waals surface area contributed by atoms with Crippen molar-refractivity contribution in [3.05, 3.63) is 59.7 Å². The summed E-state index contributed by atoms with van der Waals surface area (Å²) in [5.74, 6) is 0.277. The van der Waals surface area contributed by atoms with Crippen LogP contribution in [-0.2, 0) is 16.1 Å². The van der Waals surface area contributed by atoms with Crippen LogP contribution < -0.4 is 10.1 Å². The highest BCUT2D eigenvalue weighted by molar-refractivity contribution is 5.94. The maximum Gasteiger partial charge on any atom is 0.262 e. The summed E-state index contributed by atoms with van der Waals surface area (Å²) in [7, 11) is 1.62. The lowest BCUT2D eigenvalue weighted by Crippen LogP contribution is -2.20. The minimum atomic E-state index is -0.254. The number of benzene rings is 2. The van der Waals surface area contributed by atoms with E-state index in [1.807, 2.05) is 18.2 Å². The Labute approximate surface area is 135 Å². The number of ketones is 1. The van der Waals surface area contributed by atoms with Crippen molar-refractivity contribution in [2.45, 2.75) is 13.5 Å². The van der Waals surface area contributed by atoms with Gasteiger partial charge in [0.25, 0.3) is 5.91 Å². The molecule has 0 aliphatic carbocycles. The summed E-state index contributed by atoms with van der Waals surface area (Å²) in [6.45, 7) is 1.89. The highest BCUT2D eigenvalue weighted by Crippen LogP contribution is 2.14. The van der Waals surface area contributed by atoms with Crippen LogP contribution in [-0.4, -0.2) is 25.4 Å². The lowest BCUT2D eigenvalue weighted by atomic mass is 10.1. The predicted octanol–water partition coefficient (Wildman–Crippen LogP) is 3.05. The van der Waals surface area contributed by atoms with Crippen LogP contribution in [0.25, 0.3) is 0 Å². The molecule has 120 valence electrons. The van der Waals surface area contributed by atoms with Gasteiger partial charge in [0, 0.05) is 18.4 Å². The molecule has 0 aromatic heterocycles. The number of methoxy groups -OCH3 is 1. The van der Waals surface area contributed by atoms with Gasteiger partial charge >= 0.3 is 0 Å². The molecule has 0 saturated heterocycles. The van der Waals surface area contributed by atoms with Gasteiger partial charge in [-0.3, -0.25) is 9.59 Å². The van der Waals surface area contributed by atoms with Crippen LogP contribution in [0.5, 0.6) is 5.75 Å². The number of amides is 1. The van der Waals surface area contributed by atoms with Gasteiger partial charge in [0.2, 0.25) is 0 Å². The zero-order chi connectivity index (χ0) is 16.7. The molecule has 1 N–H and O–H groups in total. The smallest absolute Gasteiger partial charge is 0.262 e. The Balaban J connectivity index is 1.87. The first-order chi connectivity index (χ1) is 11.1. The first-order valence-corrected chi connectivity index (χ1v) is 7.20. The van der Waals surface area contributed by atoms with Crippen LogP contribution in [0.2, 0.25) is 0 Å². The van der Waals surface area contributed by atoms with Gasteiger partial charge in [-0.05, 0) is 48.9 Å². The molecule has 0 bridgehead atoms. The monoisotopic (exact) mass is 313 g/mol. The van der Waals surface area contributed by atoms with Crippen molar-refractivity contribution in [1.82, 2.24) is 0 Å². The molecule has 0 atom stereocenters. The fourth-order valence-corrected chi connectivity index (χ4v) is 2.04. The second kappa shape index (κ2) is 8.10. The van der Waals surface area contributed by atoms with Crippen LogP contribution in [0.3, 0.4) is 0 Å². The topological polar surface area (TPSA) is 64.6 Å². The average molecular weight is 313 g/mol. The number of hydrogen-bond acceptors (Lipinski definition) is 4. The van der Waals surface area contributed by atoms with Crippen molar-refractivity contribution >= 4 is 17.4 Å². The summed E-state index contributed by atoms with van der Waals surface area (Å²) < 4.78 is 10.5. The van der Waals surface area contributed by atoms with E-state index in [-0.39, 0.29) is 18.3 Å². The summed E-state index contributed by atoms with van der Waals surface area (Å²) in [4.78, 5) is 23.1. The maximum absolute atomic E-state index is 11.9. The summed E-state index contributed by atoms with van der Waals surface area (Å²) >= 11 is 0. The fraction of sp³-hybridized carbons (Fsp3) is 0.222. The van der Waals surface area contributed by atoms with Gasteiger partial charge in [-0.25, -0.2) is 0 Å². The Morgan fingerprint density at radius 2 is 1.83 bits per heavy atom. The lowest BCUT2D eigenvalue weighted by Gasteiger charge is -2.09. The molecular formula is C18H19NO4. The van der Waals surface area contributed by atoms with Gasteiger partial charge in [-0.15, -0.1) is 0 Å². The quantitative estimate of drug-likeness (QED) is 0.798. The maximum atomic E-state index is 11.9. The van der Waals surface area contributed by atoms with Crippen LogP contribution in [0.4, 0.5) is 5.69 Å². The van der Waals surface area contributed by atoms with E-state index in [0.29, 0.717) is 23.6 Å². The molecular weight excluding hydrogens is 294 g/mol. The number of rotatable bonds is 7. The highest BCUT2D eigenvalue weighted by atomic mass is 16.5. The van der Waals surface area contributed by atoms with Crippen LogP contribution >= 0.6 is 0 Å². The predicted molar refractivity (Wildman–Crippen MR) is 87.7 cm³/mol. The summed E-state index contributed by atoms with van der Waals surface area (Å²) in [5, 5.41) is 2.77. The molecule has 0 heterocycles. The first-order valence-electron chi connectivity index (χ1n) is 7.20. The van der Waals surface area contributed by atoms with E-state index in [0.717, 1.165) is 5.56 Å². The Morgan fingerprint density at radius 3 is 2.48 bits per heavy atom. The van der Waals surface area contributed by atoms with E-state index < -0.39 is 0 Å². The normalized spacial score (nSPS) is 10.2. The van der Waals surface area contributed by atoms with Crippen molar-refractivity contribution in [2.75, 3.05) is 19.0 Å². The molecule has 1 amide bonds. The second-order valence-corrected chi connectivity index (χ2v) is 5.05. The van der Waals surface area contributed by atoms with Gasteiger partial charge in [-0.1, -0.05) is 12.1 Å². The molecule has 0 aliphatic rings. The Hall–Kier alpha value is -2.66. The van der Waals surface area contributed by atoms with E-state index in [2.05, 4.69) is 5.32 Å². The third-order valence-corrected chi connectivity index (χ3v) is 3.15. The van der Waals surface area contributed by atoms with Gasteiger partial charge in [0.05, 0.1) is 6.61 Å². The van der Waals surface area contributed by atoms with E-state index in [1.54, 1.807) is 37.4 Å². The SMILES string of the molecule is COCc1cccc(NC(=O)COc2ccc(C(C)=O)cc2)c1. The minimum Gasteiger partial charge on any atom is -0.484 e. The molecule has 2 aromatic carbocycles. The molecule has 5 nitrogen and oxygen atoms in total. The highest BCUT2D eigenvalue weighted by Gasteiger charge is 2.05. The van der Waals surface area contributed by atoms with Crippen molar-refractivity contribution in [3.8, 4) is 5.75 Å². The number of ether oxygens (including phenoxy) is 2. The molecule has 5 heteroatoms. The number of anilines is 1. The molecule has 23 heavy (non-hydrogen) atoms. The molecule has 0 fully saturated rings. The zero-order valence-electron chi connectivity index (χ0n) is 13.2. The van der Waals surface area contributed by atoms with Gasteiger partial charge < -0.3 is 14.8 Å². The van der Waals surface area contributed by atoms with E-state index >= 15 is 0 Å². The molecule has 0 unspecified atom stereocenters. The van der Waals surface area contributed by atoms with Crippen molar-refractivity contribution in [3.63, 3.8) is 0 Å². The van der Waals surface area contributed by atoms with E-state index in [4.69, 9.17) is 9.47 Å². The molecule has 0 radical (unpaired) electrons. The van der Waals surface area contributed by atoms with Crippen LogP contribution in [0, 0.1) is 0 Å².